The number of nitrogens with one attached hydrogen (secondary N) is 1. The Bertz CT molecular complexity index is 696. The predicted molar refractivity (Wildman–Crippen MR) is 146 cm³/mol. The van der Waals surface area contributed by atoms with Gasteiger partial charge in [-0.2, -0.15) is 8.42 Å². The molecule has 1 saturated heterocycles. The fraction of sp³-hybridized carbons (Fsp3) is 0.923. The lowest BCUT2D eigenvalue weighted by atomic mass is 10.1. The minimum absolute atomic E-state index is 0.0310. The maximum absolute atomic E-state index is 12.5. The van der Waals surface area contributed by atoms with E-state index in [-0.39, 0.29) is 18.4 Å². The molecule has 0 aromatic rings. The second-order valence-electron chi connectivity index (χ2n) is 10.4. The average molecular weight is 533 g/mol. The number of amides is 2. The zero-order valence-electron chi connectivity index (χ0n) is 22.9. The van der Waals surface area contributed by atoms with Crippen LogP contribution in [0.15, 0.2) is 0 Å². The van der Waals surface area contributed by atoms with Gasteiger partial charge in [0.1, 0.15) is 0 Å². The second-order valence-corrected chi connectivity index (χ2v) is 12.0. The SMILES string of the molecule is CN(C)CCCN(CCS(=O)(=O)O)C(=O)CCCCCCCNC(=O)CCCCCN1CCCCC1. The van der Waals surface area contributed by atoms with Crippen molar-refractivity contribution in [3.63, 3.8) is 0 Å². The number of piperidine rings is 1. The highest BCUT2D eigenvalue weighted by Crippen LogP contribution is 2.11. The smallest absolute Gasteiger partial charge is 0.266 e. The van der Waals surface area contributed by atoms with Gasteiger partial charge in [0.15, 0.2) is 0 Å². The van der Waals surface area contributed by atoms with Crippen LogP contribution in [0.25, 0.3) is 0 Å². The molecule has 0 spiro atoms. The molecule has 0 saturated carbocycles. The maximum Gasteiger partial charge on any atom is 0.266 e. The van der Waals surface area contributed by atoms with Crippen molar-refractivity contribution in [1.82, 2.24) is 20.0 Å². The number of unbranched alkanes of at least 4 members (excludes halogenated alkanes) is 6. The second kappa shape index (κ2) is 19.8. The number of carbonyl (C=O) groups excluding carboxylic acids is 2. The summed E-state index contributed by atoms with van der Waals surface area (Å²) < 4.78 is 31.2. The van der Waals surface area contributed by atoms with Crippen LogP contribution in [0.5, 0.6) is 0 Å². The highest BCUT2D eigenvalue weighted by atomic mass is 32.2. The van der Waals surface area contributed by atoms with Crippen molar-refractivity contribution in [2.45, 2.75) is 89.9 Å². The Labute approximate surface area is 220 Å². The van der Waals surface area contributed by atoms with Gasteiger partial charge in [0.2, 0.25) is 11.8 Å². The molecule has 1 fully saturated rings. The zero-order chi connectivity index (χ0) is 26.7. The van der Waals surface area contributed by atoms with Gasteiger partial charge in [0.05, 0.1) is 5.75 Å². The summed E-state index contributed by atoms with van der Waals surface area (Å²) in [6.07, 6.45) is 13.7. The third-order valence-corrected chi connectivity index (χ3v) is 7.42. The number of hydrogen-bond acceptors (Lipinski definition) is 6. The van der Waals surface area contributed by atoms with Crippen LogP contribution >= 0.6 is 0 Å². The van der Waals surface area contributed by atoms with Gasteiger partial charge in [-0.05, 0) is 85.2 Å². The summed E-state index contributed by atoms with van der Waals surface area (Å²) in [6, 6.07) is 0. The van der Waals surface area contributed by atoms with E-state index in [1.807, 2.05) is 19.0 Å². The molecule has 36 heavy (non-hydrogen) atoms. The number of nitrogens with zero attached hydrogens (tertiary/aromatic N) is 3. The van der Waals surface area contributed by atoms with Gasteiger partial charge in [0.25, 0.3) is 10.1 Å². The molecule has 0 aromatic carbocycles. The van der Waals surface area contributed by atoms with Gasteiger partial charge in [-0.1, -0.05) is 32.1 Å². The molecular weight excluding hydrogens is 480 g/mol. The van der Waals surface area contributed by atoms with Crippen molar-refractivity contribution in [3.05, 3.63) is 0 Å². The average Bonchev–Trinajstić information content (AvgIpc) is 2.82. The Morgan fingerprint density at radius 1 is 0.806 bits per heavy atom. The van der Waals surface area contributed by atoms with Crippen LogP contribution < -0.4 is 5.32 Å². The van der Waals surface area contributed by atoms with Crippen LogP contribution in [0.1, 0.15) is 89.9 Å². The minimum Gasteiger partial charge on any atom is -0.356 e. The summed E-state index contributed by atoms with van der Waals surface area (Å²) in [5, 5.41) is 3.02. The lowest BCUT2D eigenvalue weighted by Gasteiger charge is -2.26. The monoisotopic (exact) mass is 532 g/mol. The van der Waals surface area contributed by atoms with Crippen molar-refractivity contribution < 1.29 is 22.6 Å². The number of carbonyl (C=O) groups is 2. The molecule has 9 nitrogen and oxygen atoms in total. The first-order chi connectivity index (χ1) is 17.2. The van der Waals surface area contributed by atoms with Crippen molar-refractivity contribution in [1.29, 1.82) is 0 Å². The summed E-state index contributed by atoms with van der Waals surface area (Å²) >= 11 is 0. The summed E-state index contributed by atoms with van der Waals surface area (Å²) in [4.78, 5) is 30.7. The van der Waals surface area contributed by atoms with Crippen LogP contribution in [0, 0.1) is 0 Å². The molecule has 1 rings (SSSR count). The van der Waals surface area contributed by atoms with E-state index in [2.05, 4.69) is 10.2 Å². The van der Waals surface area contributed by atoms with E-state index in [0.29, 0.717) is 25.9 Å². The highest BCUT2D eigenvalue weighted by Gasteiger charge is 2.16. The molecule has 2 N–H and O–H groups in total. The molecule has 1 aliphatic heterocycles. The molecule has 0 atom stereocenters. The van der Waals surface area contributed by atoms with Crippen LogP contribution in [-0.4, -0.2) is 105 Å². The third-order valence-electron chi connectivity index (χ3n) is 6.72. The Morgan fingerprint density at radius 3 is 2.14 bits per heavy atom. The molecule has 0 radical (unpaired) electrons. The molecule has 1 aliphatic rings. The normalized spacial score (nSPS) is 14.8. The Balaban J connectivity index is 2.03. The van der Waals surface area contributed by atoms with Crippen LogP contribution in [0.4, 0.5) is 0 Å². The third kappa shape index (κ3) is 19.0. The quantitative estimate of drug-likeness (QED) is 0.173. The molecule has 10 heteroatoms. The van der Waals surface area contributed by atoms with E-state index >= 15 is 0 Å². The van der Waals surface area contributed by atoms with E-state index in [1.165, 1.54) is 45.3 Å². The number of likely N-dealkylation sites (tertiary alicyclic amines) is 1. The summed E-state index contributed by atoms with van der Waals surface area (Å²) in [5.41, 5.74) is 0. The fourth-order valence-electron chi connectivity index (χ4n) is 4.55. The first-order valence-corrected chi connectivity index (χ1v) is 15.6. The molecule has 1 heterocycles. The Hall–Kier alpha value is -1.23. The molecule has 0 aromatic heterocycles. The topological polar surface area (TPSA) is 110 Å². The van der Waals surface area contributed by atoms with E-state index in [9.17, 15) is 18.0 Å². The van der Waals surface area contributed by atoms with Gasteiger partial charge in [-0.3, -0.25) is 14.1 Å². The van der Waals surface area contributed by atoms with Crippen LogP contribution in [-0.2, 0) is 19.7 Å². The van der Waals surface area contributed by atoms with Crippen molar-refractivity contribution in [2.24, 2.45) is 0 Å². The predicted octanol–water partition coefficient (Wildman–Crippen LogP) is 3.16. The first kappa shape index (κ1) is 32.8. The molecule has 0 aliphatic carbocycles. The Morgan fingerprint density at radius 2 is 1.44 bits per heavy atom. The van der Waals surface area contributed by atoms with Crippen molar-refractivity contribution in [3.8, 4) is 0 Å². The fourth-order valence-corrected chi connectivity index (χ4v) is 5.00. The Kier molecular flexibility index (Phi) is 18.1. The van der Waals surface area contributed by atoms with Crippen LogP contribution in [0.2, 0.25) is 0 Å². The molecule has 0 bridgehead atoms. The molecule has 2 amide bonds. The molecule has 0 unspecified atom stereocenters. The lowest BCUT2D eigenvalue weighted by Crippen LogP contribution is -2.36. The van der Waals surface area contributed by atoms with Gasteiger partial charge in [0, 0.05) is 32.5 Å². The first-order valence-electron chi connectivity index (χ1n) is 14.0. The standard InChI is InChI=1S/C26H52N4O5S/c1-28(2)18-14-22-30(23-24-36(33,34)35)26(32)16-9-4-3-5-10-17-27-25(31)15-8-6-11-19-29-20-12-7-13-21-29/h3-24H2,1-2H3,(H,27,31)(H,33,34,35). The minimum atomic E-state index is -4.09. The van der Waals surface area contributed by atoms with Crippen LogP contribution in [0.3, 0.4) is 0 Å². The van der Waals surface area contributed by atoms with Gasteiger partial charge < -0.3 is 20.0 Å². The zero-order valence-corrected chi connectivity index (χ0v) is 23.7. The number of hydrogen-bond donors (Lipinski definition) is 2. The molecular formula is C26H52N4O5S. The van der Waals surface area contributed by atoms with Crippen molar-refractivity contribution in [2.75, 3.05) is 65.7 Å². The van der Waals surface area contributed by atoms with Gasteiger partial charge in [-0.15, -0.1) is 0 Å². The van der Waals surface area contributed by atoms with E-state index < -0.39 is 15.9 Å². The summed E-state index contributed by atoms with van der Waals surface area (Å²) in [5.74, 6) is -0.330. The van der Waals surface area contributed by atoms with E-state index in [1.54, 1.807) is 4.90 Å². The van der Waals surface area contributed by atoms with E-state index in [0.717, 1.165) is 57.9 Å². The van der Waals surface area contributed by atoms with E-state index in [4.69, 9.17) is 4.55 Å². The van der Waals surface area contributed by atoms with Gasteiger partial charge >= 0.3 is 0 Å². The van der Waals surface area contributed by atoms with Gasteiger partial charge in [-0.25, -0.2) is 0 Å². The van der Waals surface area contributed by atoms with Crippen molar-refractivity contribution >= 4 is 21.9 Å². The summed E-state index contributed by atoms with van der Waals surface area (Å²) in [6.45, 7) is 5.69. The lowest BCUT2D eigenvalue weighted by molar-refractivity contribution is -0.131. The summed E-state index contributed by atoms with van der Waals surface area (Å²) in [7, 11) is -0.182. The maximum atomic E-state index is 12.5. The highest BCUT2D eigenvalue weighted by molar-refractivity contribution is 7.85. The number of rotatable bonds is 21. The molecule has 212 valence electrons. The largest absolute Gasteiger partial charge is 0.356 e.